The normalized spacial score (nSPS) is 17.5. The smallest absolute Gasteiger partial charge is 0.305 e. The lowest BCUT2D eigenvalue weighted by molar-refractivity contribution is -0.137. The van der Waals surface area contributed by atoms with Gasteiger partial charge in [0.15, 0.2) is 0 Å². The first-order chi connectivity index (χ1) is 11.1. The Morgan fingerprint density at radius 3 is 3.09 bits per heavy atom. The van der Waals surface area contributed by atoms with Crippen LogP contribution in [0, 0.1) is 0 Å². The Hall–Kier alpha value is -1.99. The number of aromatic nitrogens is 1. The van der Waals surface area contributed by atoms with Crippen LogP contribution >= 0.6 is 11.3 Å². The molecule has 3 rings (SSSR count). The summed E-state index contributed by atoms with van der Waals surface area (Å²) >= 11 is 1.53. The molecule has 122 valence electrons. The maximum atomic E-state index is 12.8. The number of aliphatic carboxylic acids is 1. The van der Waals surface area contributed by atoms with Crippen molar-refractivity contribution in [3.05, 3.63) is 29.3 Å². The lowest BCUT2D eigenvalue weighted by Gasteiger charge is -2.25. The summed E-state index contributed by atoms with van der Waals surface area (Å²) < 4.78 is 6.53. The summed E-state index contributed by atoms with van der Waals surface area (Å²) in [5, 5.41) is 10.8. The Morgan fingerprint density at radius 2 is 2.35 bits per heavy atom. The van der Waals surface area contributed by atoms with Gasteiger partial charge in [-0.15, -0.1) is 11.3 Å². The number of amides is 1. The van der Waals surface area contributed by atoms with Crippen molar-refractivity contribution >= 4 is 33.4 Å². The second-order valence-electron chi connectivity index (χ2n) is 5.56. The zero-order valence-electron chi connectivity index (χ0n) is 12.6. The molecule has 0 aromatic carbocycles. The van der Waals surface area contributed by atoms with E-state index in [2.05, 4.69) is 4.98 Å². The van der Waals surface area contributed by atoms with Crippen molar-refractivity contribution in [3.63, 3.8) is 0 Å². The Kier molecular flexibility index (Phi) is 4.88. The van der Waals surface area contributed by atoms with Crippen LogP contribution in [0.15, 0.2) is 23.7 Å². The van der Waals surface area contributed by atoms with Gasteiger partial charge in [-0.05, 0) is 30.4 Å². The van der Waals surface area contributed by atoms with E-state index in [9.17, 15) is 9.59 Å². The van der Waals surface area contributed by atoms with Crippen LogP contribution < -0.4 is 0 Å². The van der Waals surface area contributed by atoms with Crippen molar-refractivity contribution in [3.8, 4) is 0 Å². The number of nitrogens with zero attached hydrogens (tertiary/aromatic N) is 2. The van der Waals surface area contributed by atoms with Crippen LogP contribution in [0.25, 0.3) is 10.2 Å². The topological polar surface area (TPSA) is 79.7 Å². The molecule has 1 aliphatic heterocycles. The predicted octanol–water partition coefficient (Wildman–Crippen LogP) is 2.39. The van der Waals surface area contributed by atoms with Gasteiger partial charge in [-0.25, -0.2) is 0 Å². The molecule has 3 heterocycles. The number of hydrogen-bond donors (Lipinski definition) is 1. The number of pyridine rings is 1. The molecule has 0 saturated carbocycles. The van der Waals surface area contributed by atoms with Gasteiger partial charge in [-0.2, -0.15) is 0 Å². The van der Waals surface area contributed by atoms with E-state index in [0.29, 0.717) is 18.7 Å². The molecule has 1 unspecified atom stereocenters. The monoisotopic (exact) mass is 334 g/mol. The minimum atomic E-state index is -0.915. The van der Waals surface area contributed by atoms with Gasteiger partial charge in [-0.3, -0.25) is 14.6 Å². The van der Waals surface area contributed by atoms with E-state index in [0.717, 1.165) is 23.1 Å². The largest absolute Gasteiger partial charge is 0.481 e. The summed E-state index contributed by atoms with van der Waals surface area (Å²) in [6.45, 7) is 1.30. The number of carbonyl (C=O) groups excluding carboxylic acids is 1. The number of rotatable bonds is 6. The fourth-order valence-electron chi connectivity index (χ4n) is 2.69. The molecule has 1 fully saturated rings. The lowest BCUT2D eigenvalue weighted by atomic mass is 10.2. The van der Waals surface area contributed by atoms with Crippen molar-refractivity contribution in [2.75, 3.05) is 19.7 Å². The minimum Gasteiger partial charge on any atom is -0.481 e. The Labute approximate surface area is 137 Å². The first-order valence-corrected chi connectivity index (χ1v) is 8.47. The number of carbonyl (C=O) groups is 2. The highest BCUT2D eigenvalue weighted by Crippen LogP contribution is 2.21. The zero-order chi connectivity index (χ0) is 16.2. The van der Waals surface area contributed by atoms with Crippen LogP contribution in [-0.4, -0.2) is 52.7 Å². The van der Waals surface area contributed by atoms with Gasteiger partial charge in [0.05, 0.1) is 28.3 Å². The summed E-state index contributed by atoms with van der Waals surface area (Å²) in [5.74, 6) is -1.11. The molecule has 6 nitrogen and oxygen atoms in total. The average Bonchev–Trinajstić information content (AvgIpc) is 3.20. The van der Waals surface area contributed by atoms with Crippen LogP contribution in [0.2, 0.25) is 0 Å². The van der Waals surface area contributed by atoms with E-state index >= 15 is 0 Å². The van der Waals surface area contributed by atoms with Crippen LogP contribution in [0.3, 0.4) is 0 Å². The van der Waals surface area contributed by atoms with Crippen molar-refractivity contribution in [1.82, 2.24) is 9.88 Å². The van der Waals surface area contributed by atoms with Crippen LogP contribution in [0.5, 0.6) is 0 Å². The molecule has 0 spiro atoms. The highest BCUT2D eigenvalue weighted by molar-refractivity contribution is 7.17. The van der Waals surface area contributed by atoms with Crippen LogP contribution in [0.4, 0.5) is 0 Å². The molecule has 2 aromatic rings. The first-order valence-electron chi connectivity index (χ1n) is 7.59. The average molecular weight is 334 g/mol. The molecule has 7 heteroatoms. The molecule has 1 N–H and O–H groups in total. The van der Waals surface area contributed by atoms with E-state index in [1.807, 2.05) is 17.5 Å². The number of ether oxygens (including phenoxy) is 1. The van der Waals surface area contributed by atoms with Crippen LogP contribution in [0.1, 0.15) is 29.6 Å². The molecule has 1 amide bonds. The molecular weight excluding hydrogens is 316 g/mol. The van der Waals surface area contributed by atoms with Gasteiger partial charge >= 0.3 is 5.97 Å². The third-order valence-electron chi connectivity index (χ3n) is 3.88. The van der Waals surface area contributed by atoms with Crippen molar-refractivity contribution in [2.45, 2.75) is 25.4 Å². The maximum absolute atomic E-state index is 12.8. The fourth-order valence-corrected chi connectivity index (χ4v) is 3.47. The molecule has 0 radical (unpaired) electrons. The Balaban J connectivity index is 1.77. The molecule has 2 aromatic heterocycles. The maximum Gasteiger partial charge on any atom is 0.305 e. The first kappa shape index (κ1) is 15.9. The zero-order valence-corrected chi connectivity index (χ0v) is 13.4. The highest BCUT2D eigenvalue weighted by Gasteiger charge is 2.24. The fraction of sp³-hybridized carbons (Fsp3) is 0.438. The predicted molar refractivity (Wildman–Crippen MR) is 86.8 cm³/mol. The quantitative estimate of drug-likeness (QED) is 0.877. The summed E-state index contributed by atoms with van der Waals surface area (Å²) in [4.78, 5) is 29.5. The van der Waals surface area contributed by atoms with Gasteiger partial charge < -0.3 is 14.7 Å². The summed E-state index contributed by atoms with van der Waals surface area (Å²) in [6.07, 6.45) is 3.35. The van der Waals surface area contributed by atoms with E-state index < -0.39 is 5.97 Å². The molecule has 0 aliphatic carbocycles. The summed E-state index contributed by atoms with van der Waals surface area (Å²) in [5.41, 5.74) is 1.35. The molecule has 1 atom stereocenters. The lowest BCUT2D eigenvalue weighted by Crippen LogP contribution is -2.38. The number of carboxylic acids is 1. The number of thiophene rings is 1. The third-order valence-corrected chi connectivity index (χ3v) is 4.73. The molecule has 23 heavy (non-hydrogen) atoms. The van der Waals surface area contributed by atoms with E-state index in [1.54, 1.807) is 11.1 Å². The van der Waals surface area contributed by atoms with Crippen molar-refractivity contribution < 1.29 is 19.4 Å². The molecule has 1 saturated heterocycles. The van der Waals surface area contributed by atoms with Crippen molar-refractivity contribution in [2.24, 2.45) is 0 Å². The van der Waals surface area contributed by atoms with Gasteiger partial charge in [0.25, 0.3) is 5.91 Å². The van der Waals surface area contributed by atoms with Crippen molar-refractivity contribution in [1.29, 1.82) is 0 Å². The second kappa shape index (κ2) is 7.06. The third kappa shape index (κ3) is 3.86. The van der Waals surface area contributed by atoms with Gasteiger partial charge in [0.1, 0.15) is 0 Å². The van der Waals surface area contributed by atoms with Gasteiger partial charge in [0.2, 0.25) is 0 Å². The summed E-state index contributed by atoms with van der Waals surface area (Å²) in [6, 6.07) is 3.72. The Morgan fingerprint density at radius 1 is 1.48 bits per heavy atom. The number of fused-ring (bicyclic) bond motifs is 1. The van der Waals surface area contributed by atoms with E-state index in [4.69, 9.17) is 9.84 Å². The molecule has 0 bridgehead atoms. The van der Waals surface area contributed by atoms with Gasteiger partial charge in [0, 0.05) is 25.9 Å². The SMILES string of the molecule is O=C(O)CCN(CC1CCCO1)C(=O)c1cnc2ccsc2c1. The van der Waals surface area contributed by atoms with Gasteiger partial charge in [-0.1, -0.05) is 0 Å². The Bertz CT molecular complexity index is 709. The molecular formula is C16H18N2O4S. The minimum absolute atomic E-state index is 0.00817. The molecule has 1 aliphatic rings. The number of hydrogen-bond acceptors (Lipinski definition) is 5. The van der Waals surface area contributed by atoms with E-state index in [1.165, 1.54) is 11.3 Å². The standard InChI is InChI=1S/C16H18N2O4S/c19-15(20)3-5-18(10-12-2-1-6-22-12)16(21)11-8-14-13(17-9-11)4-7-23-14/h4,7-9,12H,1-3,5-6,10H2,(H,19,20). The highest BCUT2D eigenvalue weighted by atomic mass is 32.1. The summed E-state index contributed by atoms with van der Waals surface area (Å²) in [7, 11) is 0. The second-order valence-corrected chi connectivity index (χ2v) is 6.51. The number of carboxylic acid groups (broad SMARTS) is 1. The van der Waals surface area contributed by atoms with E-state index in [-0.39, 0.29) is 25.0 Å². The van der Waals surface area contributed by atoms with Crippen LogP contribution in [-0.2, 0) is 9.53 Å².